The minimum atomic E-state index is -0.241. The third-order valence-corrected chi connectivity index (χ3v) is 5.37. The van der Waals surface area contributed by atoms with Gasteiger partial charge in [-0.3, -0.25) is 4.79 Å². The van der Waals surface area contributed by atoms with E-state index in [0.717, 1.165) is 42.7 Å². The van der Waals surface area contributed by atoms with Crippen molar-refractivity contribution in [3.63, 3.8) is 0 Å². The molecule has 4 rings (SSSR count). The second kappa shape index (κ2) is 7.14. The Morgan fingerprint density at radius 2 is 1.81 bits per heavy atom. The zero-order chi connectivity index (χ0) is 18.1. The van der Waals surface area contributed by atoms with Gasteiger partial charge in [-0.15, -0.1) is 0 Å². The van der Waals surface area contributed by atoms with Gasteiger partial charge < -0.3 is 10.2 Å². The van der Waals surface area contributed by atoms with Crippen molar-refractivity contribution in [1.82, 2.24) is 4.98 Å². The number of nitrogens with zero attached hydrogens (tertiary/aromatic N) is 2. The highest BCUT2D eigenvalue weighted by atomic mass is 35.5. The van der Waals surface area contributed by atoms with E-state index in [4.69, 9.17) is 28.2 Å². The lowest BCUT2D eigenvalue weighted by Crippen LogP contribution is -2.24. The lowest BCUT2D eigenvalue weighted by molar-refractivity contribution is 0.102. The quantitative estimate of drug-likeness (QED) is 0.656. The van der Waals surface area contributed by atoms with E-state index in [-0.39, 0.29) is 5.91 Å². The van der Waals surface area contributed by atoms with Gasteiger partial charge in [-0.1, -0.05) is 47.5 Å². The smallest absolute Gasteiger partial charge is 0.259 e. The van der Waals surface area contributed by atoms with Crippen LogP contribution in [0.15, 0.2) is 48.5 Å². The summed E-state index contributed by atoms with van der Waals surface area (Å²) in [5.74, 6) is 0.478. The fourth-order valence-electron chi connectivity index (χ4n) is 3.23. The van der Waals surface area contributed by atoms with Crippen molar-refractivity contribution >= 4 is 51.5 Å². The van der Waals surface area contributed by atoms with E-state index in [0.29, 0.717) is 21.3 Å². The van der Waals surface area contributed by atoms with Gasteiger partial charge in [0.25, 0.3) is 5.91 Å². The molecule has 0 spiro atoms. The third-order valence-electron chi connectivity index (χ3n) is 4.55. The number of hydrogen-bond donors (Lipinski definition) is 1. The summed E-state index contributed by atoms with van der Waals surface area (Å²) in [7, 11) is 0. The number of carbonyl (C=O) groups is 1. The fourth-order valence-corrected chi connectivity index (χ4v) is 3.58. The fraction of sp³-hybridized carbons (Fsp3) is 0.200. The predicted molar refractivity (Wildman–Crippen MR) is 108 cm³/mol. The molecule has 1 fully saturated rings. The highest BCUT2D eigenvalue weighted by Gasteiger charge is 2.22. The molecule has 0 atom stereocenters. The molecule has 132 valence electrons. The highest BCUT2D eigenvalue weighted by molar-refractivity contribution is 6.44. The molecule has 1 aliphatic rings. The Morgan fingerprint density at radius 3 is 2.62 bits per heavy atom. The summed E-state index contributed by atoms with van der Waals surface area (Å²) in [5.41, 5.74) is 1.91. The molecule has 1 saturated heterocycles. The number of fused-ring (bicyclic) bond motifs is 1. The molecule has 4 nitrogen and oxygen atoms in total. The molecular weight excluding hydrogens is 369 g/mol. The van der Waals surface area contributed by atoms with Crippen LogP contribution in [0.1, 0.15) is 23.2 Å². The van der Waals surface area contributed by atoms with Crippen LogP contribution in [0.5, 0.6) is 0 Å². The first kappa shape index (κ1) is 17.1. The summed E-state index contributed by atoms with van der Waals surface area (Å²) < 4.78 is 0. The van der Waals surface area contributed by atoms with Gasteiger partial charge in [0.05, 0.1) is 26.8 Å². The van der Waals surface area contributed by atoms with Crippen molar-refractivity contribution in [3.05, 3.63) is 64.1 Å². The van der Waals surface area contributed by atoms with E-state index in [2.05, 4.69) is 10.2 Å². The van der Waals surface area contributed by atoms with E-state index in [1.165, 1.54) is 0 Å². The average Bonchev–Trinajstić information content (AvgIpc) is 3.19. The summed E-state index contributed by atoms with van der Waals surface area (Å²) in [5, 5.41) is 4.54. The summed E-state index contributed by atoms with van der Waals surface area (Å²) in [6, 6.07) is 14.9. The van der Waals surface area contributed by atoms with Gasteiger partial charge in [0.1, 0.15) is 5.82 Å². The van der Waals surface area contributed by atoms with Gasteiger partial charge in [0.2, 0.25) is 0 Å². The van der Waals surface area contributed by atoms with Crippen LogP contribution >= 0.6 is 23.2 Å². The Bertz CT molecular complexity index is 984. The Morgan fingerprint density at radius 1 is 1.04 bits per heavy atom. The minimum absolute atomic E-state index is 0.241. The van der Waals surface area contributed by atoms with E-state index in [1.54, 1.807) is 18.2 Å². The molecule has 6 heteroatoms. The number of carbonyl (C=O) groups excluding carboxylic acids is 1. The van der Waals surface area contributed by atoms with E-state index >= 15 is 0 Å². The van der Waals surface area contributed by atoms with Gasteiger partial charge in [0, 0.05) is 18.5 Å². The maximum Gasteiger partial charge on any atom is 0.259 e. The topological polar surface area (TPSA) is 45.2 Å². The molecular formula is C20H17Cl2N3O. The summed E-state index contributed by atoms with van der Waals surface area (Å²) in [4.78, 5) is 20.0. The maximum atomic E-state index is 13.0. The lowest BCUT2D eigenvalue weighted by atomic mass is 10.1. The van der Waals surface area contributed by atoms with Crippen LogP contribution in [0.3, 0.4) is 0 Å². The Hall–Kier alpha value is -2.30. The predicted octanol–water partition coefficient (Wildman–Crippen LogP) is 5.39. The van der Waals surface area contributed by atoms with Crippen LogP contribution in [0.4, 0.5) is 11.5 Å². The Balaban J connectivity index is 1.77. The van der Waals surface area contributed by atoms with Crippen LogP contribution in [0, 0.1) is 0 Å². The number of para-hydroxylation sites is 1. The number of amides is 1. The number of hydrogen-bond acceptors (Lipinski definition) is 3. The molecule has 2 aromatic carbocycles. The first-order valence-corrected chi connectivity index (χ1v) is 9.29. The molecule has 0 aliphatic carbocycles. The van der Waals surface area contributed by atoms with Crippen molar-refractivity contribution < 1.29 is 4.79 Å². The summed E-state index contributed by atoms with van der Waals surface area (Å²) in [6.45, 7) is 1.81. The van der Waals surface area contributed by atoms with Crippen LogP contribution in [0.2, 0.25) is 10.0 Å². The van der Waals surface area contributed by atoms with Gasteiger partial charge in [-0.05, 0) is 37.1 Å². The Kier molecular flexibility index (Phi) is 4.70. The van der Waals surface area contributed by atoms with Crippen LogP contribution in [0.25, 0.3) is 10.9 Å². The number of benzene rings is 2. The zero-order valence-corrected chi connectivity index (χ0v) is 15.5. The van der Waals surface area contributed by atoms with Crippen molar-refractivity contribution in [2.45, 2.75) is 12.8 Å². The third kappa shape index (κ3) is 3.22. The molecule has 1 amide bonds. The number of rotatable bonds is 3. The Labute approximate surface area is 161 Å². The van der Waals surface area contributed by atoms with E-state index < -0.39 is 0 Å². The molecule has 2 heterocycles. The largest absolute Gasteiger partial charge is 0.356 e. The number of aromatic nitrogens is 1. The van der Waals surface area contributed by atoms with Crippen molar-refractivity contribution in [3.8, 4) is 0 Å². The SMILES string of the molecule is O=C(Nc1cccc(Cl)c1Cl)c1cc2ccccc2nc1N1CCCC1. The molecule has 0 unspecified atom stereocenters. The van der Waals surface area contributed by atoms with Crippen molar-refractivity contribution in [1.29, 1.82) is 0 Å². The highest BCUT2D eigenvalue weighted by Crippen LogP contribution is 2.31. The first-order chi connectivity index (χ1) is 12.6. The molecule has 0 saturated carbocycles. The second-order valence-corrected chi connectivity index (χ2v) is 7.09. The lowest BCUT2D eigenvalue weighted by Gasteiger charge is -2.20. The van der Waals surface area contributed by atoms with Crippen LogP contribution in [-0.4, -0.2) is 24.0 Å². The van der Waals surface area contributed by atoms with E-state index in [1.807, 2.05) is 30.3 Å². The molecule has 1 N–H and O–H groups in total. The second-order valence-electron chi connectivity index (χ2n) is 6.30. The van der Waals surface area contributed by atoms with Gasteiger partial charge in [-0.2, -0.15) is 0 Å². The maximum absolute atomic E-state index is 13.0. The van der Waals surface area contributed by atoms with Crippen LogP contribution in [-0.2, 0) is 0 Å². The van der Waals surface area contributed by atoms with Gasteiger partial charge in [-0.25, -0.2) is 4.98 Å². The number of halogens is 2. The van der Waals surface area contributed by atoms with Crippen LogP contribution < -0.4 is 10.2 Å². The van der Waals surface area contributed by atoms with Gasteiger partial charge in [0.15, 0.2) is 0 Å². The normalized spacial score (nSPS) is 14.0. The number of anilines is 2. The number of nitrogens with one attached hydrogen (secondary N) is 1. The van der Waals surface area contributed by atoms with Crippen molar-refractivity contribution in [2.24, 2.45) is 0 Å². The molecule has 3 aromatic rings. The summed E-state index contributed by atoms with van der Waals surface area (Å²) in [6.07, 6.45) is 2.21. The number of pyridine rings is 1. The molecule has 26 heavy (non-hydrogen) atoms. The molecule has 1 aromatic heterocycles. The zero-order valence-electron chi connectivity index (χ0n) is 14.0. The average molecular weight is 386 g/mol. The molecule has 1 aliphatic heterocycles. The van der Waals surface area contributed by atoms with E-state index in [9.17, 15) is 4.79 Å². The standard InChI is InChI=1S/C20H17Cl2N3O/c21-15-7-5-9-17(18(15)22)24-20(26)14-12-13-6-1-2-8-16(13)23-19(14)25-10-3-4-11-25/h1-2,5-9,12H,3-4,10-11H2,(H,24,26). The monoisotopic (exact) mass is 385 g/mol. The molecule has 0 bridgehead atoms. The molecule has 0 radical (unpaired) electrons. The summed E-state index contributed by atoms with van der Waals surface area (Å²) >= 11 is 12.3. The minimum Gasteiger partial charge on any atom is -0.356 e. The van der Waals surface area contributed by atoms with Crippen molar-refractivity contribution in [2.75, 3.05) is 23.3 Å². The first-order valence-electron chi connectivity index (χ1n) is 8.53. The van der Waals surface area contributed by atoms with Gasteiger partial charge >= 0.3 is 0 Å².